The molecule has 5 nitrogen and oxygen atoms in total. The second kappa shape index (κ2) is 6.45. The van der Waals surface area contributed by atoms with Crippen molar-refractivity contribution in [2.45, 2.75) is 17.9 Å². The van der Waals surface area contributed by atoms with Gasteiger partial charge in [0, 0.05) is 12.3 Å². The standard InChI is InChI=1S/C14H14FNO4S2/c1-9(20-11-5-3-4-10(15)8-11)13(17)16-14-12(6-7-21-14)22(2,18)19/h3-9H,1-2H3,(H,16,17)/t9-/m0/s1. The summed E-state index contributed by atoms with van der Waals surface area (Å²) in [5, 5.41) is 4.33. The molecule has 8 heteroatoms. The van der Waals surface area contributed by atoms with Gasteiger partial charge in [0.25, 0.3) is 5.91 Å². The number of amides is 1. The fourth-order valence-electron chi connectivity index (χ4n) is 1.69. The zero-order valence-electron chi connectivity index (χ0n) is 11.9. The van der Waals surface area contributed by atoms with E-state index in [0.717, 1.165) is 23.7 Å². The molecule has 118 valence electrons. The lowest BCUT2D eigenvalue weighted by Gasteiger charge is -2.14. The predicted octanol–water partition coefficient (Wildman–Crippen LogP) is 2.70. The molecule has 1 aromatic carbocycles. The zero-order valence-corrected chi connectivity index (χ0v) is 13.5. The van der Waals surface area contributed by atoms with Gasteiger partial charge < -0.3 is 10.1 Å². The number of hydrogen-bond donors (Lipinski definition) is 1. The van der Waals surface area contributed by atoms with Crippen LogP contribution in [-0.2, 0) is 14.6 Å². The van der Waals surface area contributed by atoms with Crippen LogP contribution in [0.2, 0.25) is 0 Å². The van der Waals surface area contributed by atoms with Crippen LogP contribution in [0.3, 0.4) is 0 Å². The summed E-state index contributed by atoms with van der Waals surface area (Å²) in [5.74, 6) is -0.767. The van der Waals surface area contributed by atoms with Crippen molar-refractivity contribution in [2.24, 2.45) is 0 Å². The van der Waals surface area contributed by atoms with Gasteiger partial charge in [0.15, 0.2) is 15.9 Å². The number of halogens is 1. The van der Waals surface area contributed by atoms with Gasteiger partial charge in [-0.1, -0.05) is 6.07 Å². The van der Waals surface area contributed by atoms with E-state index < -0.39 is 27.7 Å². The highest BCUT2D eigenvalue weighted by molar-refractivity contribution is 7.91. The minimum absolute atomic E-state index is 0.0591. The number of thiophene rings is 1. The fourth-order valence-corrected chi connectivity index (χ4v) is 3.76. The topological polar surface area (TPSA) is 72.5 Å². The zero-order chi connectivity index (χ0) is 16.3. The molecule has 0 aliphatic heterocycles. The Balaban J connectivity index is 2.08. The van der Waals surface area contributed by atoms with E-state index in [9.17, 15) is 17.6 Å². The summed E-state index contributed by atoms with van der Waals surface area (Å²) in [6, 6.07) is 6.85. The molecule has 0 bridgehead atoms. The van der Waals surface area contributed by atoms with Gasteiger partial charge in [-0.05, 0) is 30.5 Å². The van der Waals surface area contributed by atoms with Gasteiger partial charge in [-0.25, -0.2) is 12.8 Å². The van der Waals surface area contributed by atoms with Crippen molar-refractivity contribution in [1.29, 1.82) is 0 Å². The van der Waals surface area contributed by atoms with Gasteiger partial charge in [0.05, 0.1) is 0 Å². The predicted molar refractivity (Wildman–Crippen MR) is 82.5 cm³/mol. The Bertz CT molecular complexity index is 786. The van der Waals surface area contributed by atoms with Crippen molar-refractivity contribution in [3.63, 3.8) is 0 Å². The van der Waals surface area contributed by atoms with E-state index in [1.165, 1.54) is 31.2 Å². The van der Waals surface area contributed by atoms with Crippen LogP contribution in [0.1, 0.15) is 6.92 Å². The molecule has 1 aromatic heterocycles. The maximum atomic E-state index is 13.1. The number of hydrogen-bond acceptors (Lipinski definition) is 5. The molecule has 0 fully saturated rings. The van der Waals surface area contributed by atoms with E-state index in [2.05, 4.69) is 5.32 Å². The quantitative estimate of drug-likeness (QED) is 0.906. The van der Waals surface area contributed by atoms with E-state index in [1.54, 1.807) is 5.38 Å². The van der Waals surface area contributed by atoms with E-state index in [4.69, 9.17) is 4.74 Å². The van der Waals surface area contributed by atoms with Crippen molar-refractivity contribution >= 4 is 32.1 Å². The molecule has 1 heterocycles. The van der Waals surface area contributed by atoms with Crippen LogP contribution in [0.25, 0.3) is 0 Å². The first-order valence-corrected chi connectivity index (χ1v) is 9.05. The Kier molecular flexibility index (Phi) is 4.82. The van der Waals surface area contributed by atoms with Crippen LogP contribution in [0.4, 0.5) is 9.39 Å². The molecule has 0 aliphatic carbocycles. The number of nitrogens with one attached hydrogen (secondary N) is 1. The van der Waals surface area contributed by atoms with E-state index in [-0.39, 0.29) is 15.6 Å². The first-order valence-electron chi connectivity index (χ1n) is 6.28. The smallest absolute Gasteiger partial charge is 0.265 e. The van der Waals surface area contributed by atoms with Gasteiger partial charge in [0.1, 0.15) is 21.5 Å². The van der Waals surface area contributed by atoms with Crippen LogP contribution in [0.15, 0.2) is 40.6 Å². The van der Waals surface area contributed by atoms with Crippen LogP contribution in [-0.4, -0.2) is 26.7 Å². The lowest BCUT2D eigenvalue weighted by atomic mass is 10.3. The summed E-state index contributed by atoms with van der Waals surface area (Å²) in [5.41, 5.74) is 0. The molecule has 0 spiro atoms. The van der Waals surface area contributed by atoms with Crippen molar-refractivity contribution in [3.05, 3.63) is 41.5 Å². The fraction of sp³-hybridized carbons (Fsp3) is 0.214. The number of benzene rings is 1. The minimum Gasteiger partial charge on any atom is -0.481 e. The highest BCUT2D eigenvalue weighted by Crippen LogP contribution is 2.27. The van der Waals surface area contributed by atoms with Crippen molar-refractivity contribution < 1.29 is 22.3 Å². The molecule has 0 radical (unpaired) electrons. The monoisotopic (exact) mass is 343 g/mol. The lowest BCUT2D eigenvalue weighted by Crippen LogP contribution is -2.30. The van der Waals surface area contributed by atoms with Gasteiger partial charge in [0.2, 0.25) is 0 Å². The molecule has 2 aromatic rings. The molecular weight excluding hydrogens is 329 g/mol. The van der Waals surface area contributed by atoms with Gasteiger partial charge in [-0.2, -0.15) is 0 Å². The molecule has 0 saturated heterocycles. The van der Waals surface area contributed by atoms with Crippen molar-refractivity contribution in [1.82, 2.24) is 0 Å². The maximum absolute atomic E-state index is 13.1. The average molecular weight is 343 g/mol. The van der Waals surface area contributed by atoms with Crippen LogP contribution >= 0.6 is 11.3 Å². The number of anilines is 1. The second-order valence-electron chi connectivity index (χ2n) is 4.59. The first kappa shape index (κ1) is 16.4. The Morgan fingerprint density at radius 2 is 2.09 bits per heavy atom. The van der Waals surface area contributed by atoms with Crippen molar-refractivity contribution in [3.8, 4) is 5.75 Å². The van der Waals surface area contributed by atoms with Gasteiger partial charge in [-0.15, -0.1) is 11.3 Å². The Labute approximate surface area is 131 Å². The van der Waals surface area contributed by atoms with E-state index in [0.29, 0.717) is 0 Å². The number of rotatable bonds is 5. The first-order chi connectivity index (χ1) is 10.3. The largest absolute Gasteiger partial charge is 0.481 e. The molecular formula is C14H14FNO4S2. The summed E-state index contributed by atoms with van der Waals surface area (Å²) in [4.78, 5) is 12.1. The molecule has 1 atom stereocenters. The van der Waals surface area contributed by atoms with Gasteiger partial charge >= 0.3 is 0 Å². The van der Waals surface area contributed by atoms with E-state index in [1.807, 2.05) is 0 Å². The third-order valence-corrected chi connectivity index (χ3v) is 4.84. The third kappa shape index (κ3) is 4.05. The number of sulfone groups is 1. The van der Waals surface area contributed by atoms with Crippen LogP contribution in [0, 0.1) is 5.82 Å². The molecule has 1 N–H and O–H groups in total. The SMILES string of the molecule is C[C@H](Oc1cccc(F)c1)C(=O)Nc1sccc1S(C)(=O)=O. The number of ether oxygens (including phenoxy) is 1. The maximum Gasteiger partial charge on any atom is 0.265 e. The number of carbonyl (C=O) groups is 1. The highest BCUT2D eigenvalue weighted by Gasteiger charge is 2.20. The van der Waals surface area contributed by atoms with E-state index >= 15 is 0 Å². The molecule has 1 amide bonds. The second-order valence-corrected chi connectivity index (χ2v) is 7.49. The molecule has 22 heavy (non-hydrogen) atoms. The third-order valence-electron chi connectivity index (χ3n) is 2.74. The number of carbonyl (C=O) groups excluding carboxylic acids is 1. The summed E-state index contributed by atoms with van der Waals surface area (Å²) >= 11 is 1.10. The lowest BCUT2D eigenvalue weighted by molar-refractivity contribution is -0.122. The molecule has 0 saturated carbocycles. The molecule has 2 rings (SSSR count). The van der Waals surface area contributed by atoms with Crippen LogP contribution < -0.4 is 10.1 Å². The minimum atomic E-state index is -3.42. The molecule has 0 unspecified atom stereocenters. The summed E-state index contributed by atoms with van der Waals surface area (Å²) in [6.07, 6.45) is 0.161. The van der Waals surface area contributed by atoms with Gasteiger partial charge in [-0.3, -0.25) is 4.79 Å². The molecule has 0 aliphatic rings. The van der Waals surface area contributed by atoms with Crippen LogP contribution in [0.5, 0.6) is 5.75 Å². The Morgan fingerprint density at radius 3 is 2.73 bits per heavy atom. The normalized spacial score (nSPS) is 12.7. The Hall–Kier alpha value is -1.93. The average Bonchev–Trinajstić information content (AvgIpc) is 2.86. The Morgan fingerprint density at radius 1 is 1.36 bits per heavy atom. The van der Waals surface area contributed by atoms with Crippen molar-refractivity contribution in [2.75, 3.05) is 11.6 Å². The summed E-state index contributed by atoms with van der Waals surface area (Å²) in [6.45, 7) is 1.49. The summed E-state index contributed by atoms with van der Waals surface area (Å²) < 4.78 is 41.6. The highest BCUT2D eigenvalue weighted by atomic mass is 32.2. The summed E-state index contributed by atoms with van der Waals surface area (Å²) in [7, 11) is -3.42.